The molecule has 1 amide bonds. The lowest BCUT2D eigenvalue weighted by Crippen LogP contribution is -2.43. The number of pyridine rings is 1. The van der Waals surface area contributed by atoms with Gasteiger partial charge in [-0.15, -0.1) is 0 Å². The van der Waals surface area contributed by atoms with Crippen LogP contribution in [0.2, 0.25) is 0 Å². The van der Waals surface area contributed by atoms with E-state index in [-0.39, 0.29) is 36.4 Å². The standard InChI is InChI=1S/C25H28F3N3O3/c1-16(2)14-24(3,29)15-34-21-7-6-17(11-20(21)25(26,27)28)18-8-9-30-22(12-18)31-23(32)13-19-5-4-10-33-19/h4-12,16H,13-15,29H2,1-3H3,(H,30,31,32)/t24-/m0/s1. The molecule has 3 N–H and O–H groups in total. The number of halogens is 3. The van der Waals surface area contributed by atoms with Gasteiger partial charge in [-0.2, -0.15) is 13.2 Å². The van der Waals surface area contributed by atoms with Crippen molar-refractivity contribution in [2.45, 2.75) is 45.3 Å². The molecule has 0 aliphatic heterocycles. The number of ether oxygens (including phenoxy) is 1. The second-order valence-corrected chi connectivity index (χ2v) is 8.98. The number of hydrogen-bond acceptors (Lipinski definition) is 5. The van der Waals surface area contributed by atoms with E-state index in [1.54, 1.807) is 25.1 Å². The third kappa shape index (κ3) is 7.08. The van der Waals surface area contributed by atoms with Crippen LogP contribution in [0, 0.1) is 5.92 Å². The number of carbonyl (C=O) groups is 1. The summed E-state index contributed by atoms with van der Waals surface area (Å²) in [5, 5.41) is 2.63. The van der Waals surface area contributed by atoms with Crippen LogP contribution in [0.5, 0.6) is 5.75 Å². The average Bonchev–Trinajstić information content (AvgIpc) is 3.23. The molecule has 0 saturated heterocycles. The zero-order valence-electron chi connectivity index (χ0n) is 19.3. The second kappa shape index (κ2) is 10.3. The lowest BCUT2D eigenvalue weighted by molar-refractivity contribution is -0.139. The van der Waals surface area contributed by atoms with Gasteiger partial charge in [0.1, 0.15) is 23.9 Å². The summed E-state index contributed by atoms with van der Waals surface area (Å²) < 4.78 is 52.1. The van der Waals surface area contributed by atoms with E-state index in [4.69, 9.17) is 14.9 Å². The van der Waals surface area contributed by atoms with Gasteiger partial charge in [0, 0.05) is 11.7 Å². The van der Waals surface area contributed by atoms with Crippen molar-refractivity contribution in [1.82, 2.24) is 4.98 Å². The Hall–Kier alpha value is -3.33. The molecule has 2 heterocycles. The Morgan fingerprint density at radius 3 is 2.56 bits per heavy atom. The minimum atomic E-state index is -4.62. The molecule has 3 aromatic rings. The molecule has 1 aromatic carbocycles. The smallest absolute Gasteiger partial charge is 0.419 e. The van der Waals surface area contributed by atoms with Gasteiger partial charge in [-0.25, -0.2) is 4.98 Å². The molecule has 3 rings (SSSR count). The van der Waals surface area contributed by atoms with E-state index in [2.05, 4.69) is 10.3 Å². The predicted molar refractivity (Wildman–Crippen MR) is 123 cm³/mol. The second-order valence-electron chi connectivity index (χ2n) is 8.98. The zero-order chi connectivity index (χ0) is 24.9. The molecule has 6 nitrogen and oxygen atoms in total. The highest BCUT2D eigenvalue weighted by Crippen LogP contribution is 2.39. The summed E-state index contributed by atoms with van der Waals surface area (Å²) in [6.45, 7) is 5.69. The number of anilines is 1. The van der Waals surface area contributed by atoms with Gasteiger partial charge >= 0.3 is 6.18 Å². The highest BCUT2D eigenvalue weighted by Gasteiger charge is 2.35. The van der Waals surface area contributed by atoms with Crippen LogP contribution < -0.4 is 15.8 Å². The Morgan fingerprint density at radius 2 is 1.91 bits per heavy atom. The van der Waals surface area contributed by atoms with Crippen LogP contribution in [0.3, 0.4) is 0 Å². The Balaban J connectivity index is 1.80. The van der Waals surface area contributed by atoms with Crippen molar-refractivity contribution in [1.29, 1.82) is 0 Å². The minimum absolute atomic E-state index is 0.0139. The first-order valence-corrected chi connectivity index (χ1v) is 10.8. The van der Waals surface area contributed by atoms with E-state index in [1.807, 2.05) is 13.8 Å². The van der Waals surface area contributed by atoms with Crippen LogP contribution in [-0.2, 0) is 17.4 Å². The average molecular weight is 476 g/mol. The van der Waals surface area contributed by atoms with Crippen LogP contribution in [0.1, 0.15) is 38.5 Å². The van der Waals surface area contributed by atoms with Gasteiger partial charge in [0.15, 0.2) is 0 Å². The predicted octanol–water partition coefficient (Wildman–Crippen LogP) is 5.68. The lowest BCUT2D eigenvalue weighted by atomic mass is 9.93. The molecule has 0 aliphatic rings. The number of amides is 1. The fourth-order valence-corrected chi connectivity index (χ4v) is 3.73. The quantitative estimate of drug-likeness (QED) is 0.415. The van der Waals surface area contributed by atoms with Gasteiger partial charge < -0.3 is 20.2 Å². The minimum Gasteiger partial charge on any atom is -0.491 e. The summed E-state index contributed by atoms with van der Waals surface area (Å²) in [5.74, 6) is 0.350. The van der Waals surface area contributed by atoms with E-state index < -0.39 is 17.3 Å². The van der Waals surface area contributed by atoms with Crippen LogP contribution in [0.25, 0.3) is 11.1 Å². The van der Waals surface area contributed by atoms with Crippen molar-refractivity contribution < 1.29 is 27.1 Å². The molecule has 0 saturated carbocycles. The van der Waals surface area contributed by atoms with E-state index in [0.29, 0.717) is 23.3 Å². The molecule has 0 fully saturated rings. The molecule has 9 heteroatoms. The molecule has 0 bridgehead atoms. The van der Waals surface area contributed by atoms with E-state index in [9.17, 15) is 18.0 Å². The first kappa shape index (κ1) is 25.3. The first-order chi connectivity index (χ1) is 15.9. The third-order valence-electron chi connectivity index (χ3n) is 4.99. The summed E-state index contributed by atoms with van der Waals surface area (Å²) in [4.78, 5) is 16.3. The topological polar surface area (TPSA) is 90.4 Å². The Labute approximate surface area is 196 Å². The van der Waals surface area contributed by atoms with Crippen molar-refractivity contribution in [3.63, 3.8) is 0 Å². The number of furan rings is 1. The maximum absolute atomic E-state index is 13.8. The molecule has 1 atom stereocenters. The van der Waals surface area contributed by atoms with Crippen molar-refractivity contribution in [2.24, 2.45) is 11.7 Å². The maximum Gasteiger partial charge on any atom is 0.419 e. The Bertz CT molecular complexity index is 1110. The van der Waals surface area contributed by atoms with Crippen LogP contribution in [0.15, 0.2) is 59.3 Å². The van der Waals surface area contributed by atoms with Gasteiger partial charge in [0.2, 0.25) is 5.91 Å². The Morgan fingerprint density at radius 1 is 1.18 bits per heavy atom. The molecule has 2 aromatic heterocycles. The van der Waals surface area contributed by atoms with Crippen molar-refractivity contribution in [3.05, 3.63) is 66.2 Å². The summed E-state index contributed by atoms with van der Waals surface area (Å²) in [5.41, 5.74) is 5.30. The monoisotopic (exact) mass is 475 g/mol. The highest BCUT2D eigenvalue weighted by atomic mass is 19.4. The summed E-state index contributed by atoms with van der Waals surface area (Å²) in [6.07, 6.45) is -1.12. The molecule has 0 aliphatic carbocycles. The SMILES string of the molecule is CC(C)C[C@](C)(N)COc1ccc(-c2ccnc(NC(=O)Cc3ccco3)c2)cc1C(F)(F)F. The molecule has 0 spiro atoms. The fourth-order valence-electron chi connectivity index (χ4n) is 3.73. The molecule has 0 unspecified atom stereocenters. The molecule has 34 heavy (non-hydrogen) atoms. The number of alkyl halides is 3. The lowest BCUT2D eigenvalue weighted by Gasteiger charge is -2.27. The van der Waals surface area contributed by atoms with E-state index in [0.717, 1.165) is 6.07 Å². The zero-order valence-corrected chi connectivity index (χ0v) is 19.3. The molecular weight excluding hydrogens is 447 g/mol. The van der Waals surface area contributed by atoms with Crippen LogP contribution in [-0.4, -0.2) is 23.0 Å². The molecular formula is C25H28F3N3O3. The summed E-state index contributed by atoms with van der Waals surface area (Å²) >= 11 is 0. The third-order valence-corrected chi connectivity index (χ3v) is 4.99. The highest BCUT2D eigenvalue weighted by molar-refractivity contribution is 5.91. The van der Waals surface area contributed by atoms with Gasteiger partial charge in [0.05, 0.1) is 18.2 Å². The maximum atomic E-state index is 13.8. The Kier molecular flexibility index (Phi) is 7.66. The van der Waals surface area contributed by atoms with Crippen molar-refractivity contribution >= 4 is 11.7 Å². The number of carbonyl (C=O) groups excluding carboxylic acids is 1. The number of rotatable bonds is 9. The summed E-state index contributed by atoms with van der Waals surface area (Å²) in [7, 11) is 0. The first-order valence-electron chi connectivity index (χ1n) is 10.8. The number of nitrogens with two attached hydrogens (primary N) is 1. The largest absolute Gasteiger partial charge is 0.491 e. The molecule has 0 radical (unpaired) electrons. The van der Waals surface area contributed by atoms with Gasteiger partial charge in [-0.3, -0.25) is 4.79 Å². The van der Waals surface area contributed by atoms with Gasteiger partial charge in [-0.1, -0.05) is 19.9 Å². The van der Waals surface area contributed by atoms with Crippen molar-refractivity contribution in [3.8, 4) is 16.9 Å². The van der Waals surface area contributed by atoms with Crippen molar-refractivity contribution in [2.75, 3.05) is 11.9 Å². The normalized spacial score (nSPS) is 13.5. The molecule has 182 valence electrons. The van der Waals surface area contributed by atoms with Crippen LogP contribution in [0.4, 0.5) is 19.0 Å². The number of nitrogens with zero attached hydrogens (tertiary/aromatic N) is 1. The number of benzene rings is 1. The number of nitrogens with one attached hydrogen (secondary N) is 1. The van der Waals surface area contributed by atoms with Gasteiger partial charge in [0.25, 0.3) is 0 Å². The summed E-state index contributed by atoms with van der Waals surface area (Å²) in [6, 6.07) is 10.3. The van der Waals surface area contributed by atoms with E-state index in [1.165, 1.54) is 30.7 Å². The van der Waals surface area contributed by atoms with E-state index >= 15 is 0 Å². The number of aromatic nitrogens is 1. The van der Waals surface area contributed by atoms with Gasteiger partial charge in [-0.05, 0) is 66.8 Å². The van der Waals surface area contributed by atoms with Crippen LogP contribution >= 0.6 is 0 Å². The number of hydrogen-bond donors (Lipinski definition) is 2. The fraction of sp³-hybridized carbons (Fsp3) is 0.360.